The van der Waals surface area contributed by atoms with Gasteiger partial charge in [0.15, 0.2) is 0 Å². The Hall–Kier alpha value is 0.250. The molecule has 0 fully saturated rings. The summed E-state index contributed by atoms with van der Waals surface area (Å²) < 4.78 is 0. The fourth-order valence-electron chi connectivity index (χ4n) is 2.72. The Morgan fingerprint density at radius 3 is 1.79 bits per heavy atom. The Kier molecular flexibility index (Phi) is 15.0. The lowest BCUT2D eigenvalue weighted by atomic mass is 9.81. The standard InChI is InChI=1S/C17H35Cl.H3N/c1-5-8-11-13-16(4)17(18,14-10-7-3)15-12-9-6-2;/h16H,5-15H2,1-4H3;1H3. The highest BCUT2D eigenvalue weighted by molar-refractivity contribution is 6.24. The molecule has 0 aliphatic rings. The molecule has 2 heteroatoms. The van der Waals surface area contributed by atoms with E-state index in [-0.39, 0.29) is 11.0 Å². The first-order valence-corrected chi connectivity index (χ1v) is 8.67. The lowest BCUT2D eigenvalue weighted by Gasteiger charge is -2.34. The molecule has 2 atom stereocenters. The van der Waals surface area contributed by atoms with Crippen molar-refractivity contribution in [2.24, 2.45) is 5.92 Å². The smallest absolute Gasteiger partial charge is 0.0472 e. The van der Waals surface area contributed by atoms with Crippen LogP contribution in [0.1, 0.15) is 98.3 Å². The Bertz CT molecular complexity index is 184. The third-order valence-corrected chi connectivity index (χ3v) is 5.02. The van der Waals surface area contributed by atoms with E-state index in [0.29, 0.717) is 5.92 Å². The van der Waals surface area contributed by atoms with Gasteiger partial charge in [-0.05, 0) is 25.2 Å². The molecule has 3 N–H and O–H groups in total. The van der Waals surface area contributed by atoms with Crippen LogP contribution in [0.5, 0.6) is 0 Å². The minimum Gasteiger partial charge on any atom is -0.344 e. The fourth-order valence-corrected chi connectivity index (χ4v) is 3.09. The van der Waals surface area contributed by atoms with E-state index < -0.39 is 0 Å². The normalized spacial score (nSPS) is 15.6. The average molecular weight is 292 g/mol. The maximum absolute atomic E-state index is 6.98. The SMILES string of the molecule is CCCCCC(C)C(Cl)(CCCC)CCCCC.N. The van der Waals surface area contributed by atoms with Crippen LogP contribution >= 0.6 is 11.6 Å². The monoisotopic (exact) mass is 291 g/mol. The van der Waals surface area contributed by atoms with Crippen molar-refractivity contribution < 1.29 is 0 Å². The van der Waals surface area contributed by atoms with E-state index in [4.69, 9.17) is 11.6 Å². The second-order valence-electron chi connectivity index (χ2n) is 5.99. The highest BCUT2D eigenvalue weighted by Crippen LogP contribution is 2.39. The van der Waals surface area contributed by atoms with E-state index in [0.717, 1.165) is 0 Å². The van der Waals surface area contributed by atoms with Gasteiger partial charge in [0.1, 0.15) is 0 Å². The molecule has 118 valence electrons. The Morgan fingerprint density at radius 1 is 0.789 bits per heavy atom. The van der Waals surface area contributed by atoms with Crippen molar-refractivity contribution in [1.29, 1.82) is 0 Å². The predicted octanol–water partition coefficient (Wildman–Crippen LogP) is 7.11. The first-order valence-electron chi connectivity index (χ1n) is 8.29. The maximum Gasteiger partial charge on any atom is 0.0472 e. The van der Waals surface area contributed by atoms with Crippen molar-refractivity contribution in [3.8, 4) is 0 Å². The Balaban J connectivity index is 0. The van der Waals surface area contributed by atoms with Gasteiger partial charge in [-0.25, -0.2) is 0 Å². The van der Waals surface area contributed by atoms with Gasteiger partial charge in [-0.1, -0.05) is 79.1 Å². The molecule has 0 bridgehead atoms. The zero-order valence-corrected chi connectivity index (χ0v) is 14.7. The molecule has 0 aromatic heterocycles. The van der Waals surface area contributed by atoms with Gasteiger partial charge in [-0.15, -0.1) is 11.6 Å². The van der Waals surface area contributed by atoms with Gasteiger partial charge in [0.05, 0.1) is 0 Å². The lowest BCUT2D eigenvalue weighted by molar-refractivity contribution is 0.308. The minimum atomic E-state index is 0. The van der Waals surface area contributed by atoms with E-state index in [1.165, 1.54) is 70.6 Å². The van der Waals surface area contributed by atoms with Crippen molar-refractivity contribution in [2.45, 2.75) is 103 Å². The van der Waals surface area contributed by atoms with E-state index in [2.05, 4.69) is 27.7 Å². The minimum absolute atomic E-state index is 0. The summed E-state index contributed by atoms with van der Waals surface area (Å²) in [5.41, 5.74) is 0. The number of halogens is 1. The summed E-state index contributed by atoms with van der Waals surface area (Å²) >= 11 is 6.98. The number of unbranched alkanes of at least 4 members (excludes halogenated alkanes) is 5. The van der Waals surface area contributed by atoms with Crippen LogP contribution in [-0.2, 0) is 0 Å². The van der Waals surface area contributed by atoms with Crippen molar-refractivity contribution in [2.75, 3.05) is 0 Å². The average Bonchev–Trinajstić information content (AvgIpc) is 2.37. The van der Waals surface area contributed by atoms with Gasteiger partial charge in [-0.3, -0.25) is 0 Å². The molecule has 0 rings (SSSR count). The molecule has 0 aliphatic heterocycles. The van der Waals surface area contributed by atoms with Crippen LogP contribution in [0.25, 0.3) is 0 Å². The fraction of sp³-hybridized carbons (Fsp3) is 1.00. The van der Waals surface area contributed by atoms with E-state index in [9.17, 15) is 0 Å². The molecular weight excluding hydrogens is 254 g/mol. The van der Waals surface area contributed by atoms with Crippen molar-refractivity contribution in [3.63, 3.8) is 0 Å². The van der Waals surface area contributed by atoms with Gasteiger partial charge in [-0.2, -0.15) is 0 Å². The molecular formula is C17H38ClN. The Labute approximate surface area is 127 Å². The third-order valence-electron chi connectivity index (χ3n) is 4.27. The summed E-state index contributed by atoms with van der Waals surface area (Å²) in [7, 11) is 0. The lowest BCUT2D eigenvalue weighted by Crippen LogP contribution is -2.30. The molecule has 2 unspecified atom stereocenters. The topological polar surface area (TPSA) is 35.0 Å². The molecule has 0 saturated heterocycles. The third kappa shape index (κ3) is 9.73. The van der Waals surface area contributed by atoms with Crippen LogP contribution in [0.4, 0.5) is 0 Å². The first-order chi connectivity index (χ1) is 8.60. The molecule has 0 radical (unpaired) electrons. The molecule has 0 aromatic rings. The van der Waals surface area contributed by atoms with E-state index in [1.807, 2.05) is 0 Å². The van der Waals surface area contributed by atoms with Crippen LogP contribution in [0, 0.1) is 5.92 Å². The summed E-state index contributed by atoms with van der Waals surface area (Å²) in [4.78, 5) is 0.0823. The number of hydrogen-bond donors (Lipinski definition) is 1. The van der Waals surface area contributed by atoms with Crippen molar-refractivity contribution in [3.05, 3.63) is 0 Å². The zero-order valence-electron chi connectivity index (χ0n) is 13.9. The number of hydrogen-bond acceptors (Lipinski definition) is 1. The molecule has 0 saturated carbocycles. The first kappa shape index (κ1) is 21.5. The second kappa shape index (κ2) is 13.2. The largest absolute Gasteiger partial charge is 0.344 e. The van der Waals surface area contributed by atoms with Crippen LogP contribution in [0.3, 0.4) is 0 Å². The predicted molar refractivity (Wildman–Crippen MR) is 90.6 cm³/mol. The summed E-state index contributed by atoms with van der Waals surface area (Å²) in [5, 5.41) is 0. The molecule has 0 spiro atoms. The van der Waals surface area contributed by atoms with Gasteiger partial charge in [0.25, 0.3) is 0 Å². The van der Waals surface area contributed by atoms with Crippen molar-refractivity contribution in [1.82, 2.24) is 6.15 Å². The molecule has 19 heavy (non-hydrogen) atoms. The quantitative estimate of drug-likeness (QED) is 0.302. The molecule has 0 aliphatic carbocycles. The van der Waals surface area contributed by atoms with Crippen LogP contribution in [-0.4, -0.2) is 4.87 Å². The van der Waals surface area contributed by atoms with Gasteiger partial charge < -0.3 is 6.15 Å². The molecule has 0 heterocycles. The van der Waals surface area contributed by atoms with Gasteiger partial charge >= 0.3 is 0 Å². The summed E-state index contributed by atoms with van der Waals surface area (Å²) in [6.07, 6.45) is 14.3. The van der Waals surface area contributed by atoms with Crippen molar-refractivity contribution >= 4 is 11.6 Å². The summed E-state index contributed by atoms with van der Waals surface area (Å²) in [5.74, 6) is 0.675. The Morgan fingerprint density at radius 2 is 1.26 bits per heavy atom. The zero-order chi connectivity index (χ0) is 13.9. The molecule has 0 aromatic carbocycles. The highest BCUT2D eigenvalue weighted by atomic mass is 35.5. The van der Waals surface area contributed by atoms with E-state index in [1.54, 1.807) is 0 Å². The summed E-state index contributed by atoms with van der Waals surface area (Å²) in [6, 6.07) is 0. The maximum atomic E-state index is 6.98. The summed E-state index contributed by atoms with van der Waals surface area (Å²) in [6.45, 7) is 9.19. The number of alkyl halides is 1. The van der Waals surface area contributed by atoms with E-state index >= 15 is 0 Å². The second-order valence-corrected chi connectivity index (χ2v) is 6.74. The van der Waals surface area contributed by atoms with Crippen LogP contribution in [0.15, 0.2) is 0 Å². The number of rotatable bonds is 12. The van der Waals surface area contributed by atoms with Gasteiger partial charge in [0.2, 0.25) is 0 Å². The highest BCUT2D eigenvalue weighted by Gasteiger charge is 2.32. The van der Waals surface area contributed by atoms with Gasteiger partial charge in [0, 0.05) is 4.87 Å². The molecule has 1 nitrogen and oxygen atoms in total. The molecule has 0 amide bonds. The van der Waals surface area contributed by atoms with Crippen LogP contribution < -0.4 is 6.15 Å². The van der Waals surface area contributed by atoms with Crippen LogP contribution in [0.2, 0.25) is 0 Å².